The summed E-state index contributed by atoms with van der Waals surface area (Å²) >= 11 is 0. The minimum absolute atomic E-state index is 0.222. The van der Waals surface area contributed by atoms with Crippen LogP contribution in [0.2, 0.25) is 0 Å². The highest BCUT2D eigenvalue weighted by Crippen LogP contribution is 2.31. The van der Waals surface area contributed by atoms with Crippen LogP contribution in [0.3, 0.4) is 0 Å². The summed E-state index contributed by atoms with van der Waals surface area (Å²) in [5.74, 6) is -1.92. The lowest BCUT2D eigenvalue weighted by molar-refractivity contribution is -0.143. The zero-order chi connectivity index (χ0) is 11.5. The molecule has 1 heterocycles. The maximum Gasteiger partial charge on any atom is 0.308 e. The minimum Gasteiger partial charge on any atom is -0.481 e. The first kappa shape index (κ1) is 11.1. The number of hydrogen-bond acceptors (Lipinski definition) is 2. The van der Waals surface area contributed by atoms with Crippen molar-refractivity contribution in [3.63, 3.8) is 0 Å². The molecule has 1 aliphatic heterocycles. The third-order valence-electron chi connectivity index (χ3n) is 3.10. The van der Waals surface area contributed by atoms with E-state index >= 15 is 0 Å². The number of nitrogens with one attached hydrogen (secondary N) is 1. The molecule has 0 spiro atoms. The van der Waals surface area contributed by atoms with Crippen LogP contribution in [0.5, 0.6) is 0 Å². The Kier molecular flexibility index (Phi) is 3.19. The molecule has 86 valence electrons. The van der Waals surface area contributed by atoms with Gasteiger partial charge in [-0.05, 0) is 24.6 Å². The molecule has 0 bridgehead atoms. The molecule has 0 amide bonds. The summed E-state index contributed by atoms with van der Waals surface area (Å²) in [6.45, 7) is 1.15. The fourth-order valence-electron chi connectivity index (χ4n) is 2.27. The van der Waals surface area contributed by atoms with Crippen LogP contribution in [0.4, 0.5) is 4.39 Å². The van der Waals surface area contributed by atoms with Crippen molar-refractivity contribution < 1.29 is 14.3 Å². The summed E-state index contributed by atoms with van der Waals surface area (Å²) in [4.78, 5) is 11.1. The number of hydrogen-bond donors (Lipinski definition) is 2. The van der Waals surface area contributed by atoms with E-state index in [2.05, 4.69) is 5.32 Å². The predicted molar refractivity (Wildman–Crippen MR) is 57.8 cm³/mol. The zero-order valence-electron chi connectivity index (χ0n) is 8.82. The van der Waals surface area contributed by atoms with Crippen LogP contribution in [0.15, 0.2) is 24.3 Å². The van der Waals surface area contributed by atoms with Crippen molar-refractivity contribution in [1.82, 2.24) is 5.32 Å². The van der Waals surface area contributed by atoms with Gasteiger partial charge in [-0.1, -0.05) is 18.2 Å². The Bertz CT molecular complexity index is 394. The maximum absolute atomic E-state index is 13.6. The average molecular weight is 223 g/mol. The van der Waals surface area contributed by atoms with Crippen LogP contribution in [0, 0.1) is 11.7 Å². The highest BCUT2D eigenvalue weighted by molar-refractivity contribution is 5.72. The van der Waals surface area contributed by atoms with Gasteiger partial charge in [-0.15, -0.1) is 0 Å². The molecule has 4 heteroatoms. The van der Waals surface area contributed by atoms with Gasteiger partial charge in [-0.2, -0.15) is 0 Å². The van der Waals surface area contributed by atoms with Crippen LogP contribution in [0.25, 0.3) is 0 Å². The van der Waals surface area contributed by atoms with Crippen LogP contribution in [-0.2, 0) is 4.79 Å². The standard InChI is InChI=1S/C12H14FNO2/c13-11-4-2-1-3-9(11)8-5-6-14-7-10(8)12(15)16/h1-4,8,10,14H,5-7H2,(H,15,16). The third kappa shape index (κ3) is 2.07. The molecule has 2 rings (SSSR count). The molecule has 3 nitrogen and oxygen atoms in total. The van der Waals surface area contributed by atoms with Crippen molar-refractivity contribution in [2.24, 2.45) is 5.92 Å². The van der Waals surface area contributed by atoms with Crippen LogP contribution in [0.1, 0.15) is 17.9 Å². The summed E-state index contributed by atoms with van der Waals surface area (Å²) in [5.41, 5.74) is 0.524. The largest absolute Gasteiger partial charge is 0.481 e. The van der Waals surface area contributed by atoms with Crippen molar-refractivity contribution in [2.45, 2.75) is 12.3 Å². The number of carboxylic acid groups (broad SMARTS) is 1. The Balaban J connectivity index is 2.30. The smallest absolute Gasteiger partial charge is 0.308 e. The molecule has 2 N–H and O–H groups in total. The van der Waals surface area contributed by atoms with Crippen molar-refractivity contribution in [3.05, 3.63) is 35.6 Å². The van der Waals surface area contributed by atoms with Gasteiger partial charge in [0.2, 0.25) is 0 Å². The van der Waals surface area contributed by atoms with Gasteiger partial charge in [-0.3, -0.25) is 4.79 Å². The first-order valence-corrected chi connectivity index (χ1v) is 5.38. The van der Waals surface area contributed by atoms with E-state index in [0.29, 0.717) is 18.5 Å². The number of benzene rings is 1. The topological polar surface area (TPSA) is 49.3 Å². The van der Waals surface area contributed by atoms with E-state index in [1.54, 1.807) is 18.2 Å². The molecule has 1 saturated heterocycles. The van der Waals surface area contributed by atoms with E-state index in [-0.39, 0.29) is 11.7 Å². The van der Waals surface area contributed by atoms with Gasteiger partial charge in [0.05, 0.1) is 5.92 Å². The van der Waals surface area contributed by atoms with E-state index in [4.69, 9.17) is 5.11 Å². The molecule has 0 aromatic heterocycles. The van der Waals surface area contributed by atoms with Gasteiger partial charge in [0.15, 0.2) is 0 Å². The second-order valence-electron chi connectivity index (χ2n) is 4.07. The lowest BCUT2D eigenvalue weighted by Crippen LogP contribution is -2.39. The number of piperidine rings is 1. The first-order chi connectivity index (χ1) is 7.70. The van der Waals surface area contributed by atoms with Crippen LogP contribution >= 0.6 is 0 Å². The van der Waals surface area contributed by atoms with Gasteiger partial charge in [-0.25, -0.2) is 4.39 Å². The third-order valence-corrected chi connectivity index (χ3v) is 3.10. The first-order valence-electron chi connectivity index (χ1n) is 5.38. The molecule has 0 radical (unpaired) electrons. The van der Waals surface area contributed by atoms with Crippen molar-refractivity contribution >= 4 is 5.97 Å². The van der Waals surface area contributed by atoms with Gasteiger partial charge >= 0.3 is 5.97 Å². The molecule has 1 aliphatic rings. The Morgan fingerprint density at radius 2 is 2.19 bits per heavy atom. The lowest BCUT2D eigenvalue weighted by Gasteiger charge is -2.29. The van der Waals surface area contributed by atoms with E-state index in [9.17, 15) is 9.18 Å². The fourth-order valence-corrected chi connectivity index (χ4v) is 2.27. The highest BCUT2D eigenvalue weighted by atomic mass is 19.1. The van der Waals surface area contributed by atoms with Crippen LogP contribution < -0.4 is 5.32 Å². The predicted octanol–water partition coefficient (Wildman–Crippen LogP) is 1.60. The molecular weight excluding hydrogens is 209 g/mol. The van der Waals surface area contributed by atoms with Gasteiger partial charge in [0.1, 0.15) is 5.82 Å². The summed E-state index contributed by atoms with van der Waals surface area (Å²) in [5, 5.41) is 12.1. The molecule has 0 aliphatic carbocycles. The van der Waals surface area contributed by atoms with Crippen molar-refractivity contribution in [2.75, 3.05) is 13.1 Å². The Hall–Kier alpha value is -1.42. The van der Waals surface area contributed by atoms with Crippen LogP contribution in [-0.4, -0.2) is 24.2 Å². The summed E-state index contributed by atoms with van der Waals surface area (Å²) in [6, 6.07) is 6.44. The lowest BCUT2D eigenvalue weighted by atomic mass is 9.81. The Morgan fingerprint density at radius 1 is 1.44 bits per heavy atom. The second kappa shape index (κ2) is 4.61. The molecule has 16 heavy (non-hydrogen) atoms. The number of carboxylic acids is 1. The maximum atomic E-state index is 13.6. The molecule has 2 atom stereocenters. The Morgan fingerprint density at radius 3 is 2.88 bits per heavy atom. The summed E-state index contributed by atoms with van der Waals surface area (Å²) in [6.07, 6.45) is 0.665. The minimum atomic E-state index is -0.861. The van der Waals surface area contributed by atoms with Crippen molar-refractivity contribution in [1.29, 1.82) is 0 Å². The molecule has 2 unspecified atom stereocenters. The Labute approximate surface area is 93.3 Å². The quantitative estimate of drug-likeness (QED) is 0.800. The zero-order valence-corrected chi connectivity index (χ0v) is 8.82. The summed E-state index contributed by atoms with van der Waals surface area (Å²) in [7, 11) is 0. The van der Waals surface area contributed by atoms with E-state index < -0.39 is 11.9 Å². The SMILES string of the molecule is O=C(O)C1CNCCC1c1ccccc1F. The van der Waals surface area contributed by atoms with Crippen molar-refractivity contribution in [3.8, 4) is 0 Å². The van der Waals surface area contributed by atoms with Gasteiger partial charge in [0.25, 0.3) is 0 Å². The highest BCUT2D eigenvalue weighted by Gasteiger charge is 2.33. The van der Waals surface area contributed by atoms with E-state index in [1.807, 2.05) is 0 Å². The van der Waals surface area contributed by atoms with Gasteiger partial charge < -0.3 is 10.4 Å². The monoisotopic (exact) mass is 223 g/mol. The normalized spacial score (nSPS) is 25.3. The number of rotatable bonds is 2. The molecule has 1 aromatic rings. The van der Waals surface area contributed by atoms with E-state index in [0.717, 1.165) is 6.54 Å². The summed E-state index contributed by atoms with van der Waals surface area (Å²) < 4.78 is 13.6. The fraction of sp³-hybridized carbons (Fsp3) is 0.417. The second-order valence-corrected chi connectivity index (χ2v) is 4.07. The molecule has 1 aromatic carbocycles. The molecular formula is C12H14FNO2. The number of aliphatic carboxylic acids is 1. The number of carbonyl (C=O) groups is 1. The van der Waals surface area contributed by atoms with E-state index in [1.165, 1.54) is 6.07 Å². The molecule has 0 saturated carbocycles. The molecule has 1 fully saturated rings. The average Bonchev–Trinajstić information content (AvgIpc) is 2.29. The van der Waals surface area contributed by atoms with Gasteiger partial charge in [0, 0.05) is 12.5 Å². The number of halogens is 1.